The van der Waals surface area contributed by atoms with Crippen LogP contribution in [0, 0.1) is 0 Å². The lowest BCUT2D eigenvalue weighted by Gasteiger charge is -2.49. The highest BCUT2D eigenvalue weighted by Crippen LogP contribution is 2.42. The number of amides is 3. The highest BCUT2D eigenvalue weighted by Gasteiger charge is 2.54. The van der Waals surface area contributed by atoms with Gasteiger partial charge in [0.25, 0.3) is 17.7 Å². The highest BCUT2D eigenvalue weighted by atomic mass is 35.5. The van der Waals surface area contributed by atoms with E-state index in [9.17, 15) is 19.2 Å². The number of carbonyl (C=O) groups is 4. The van der Waals surface area contributed by atoms with Crippen molar-refractivity contribution in [2.24, 2.45) is 10.9 Å². The Balaban J connectivity index is 1.13. The summed E-state index contributed by atoms with van der Waals surface area (Å²) in [4.78, 5) is 64.0. The normalized spacial score (nSPS) is 16.5. The zero-order valence-electron chi connectivity index (χ0n) is 31.0. The van der Waals surface area contributed by atoms with Crippen LogP contribution in [0.5, 0.6) is 5.75 Å². The Morgan fingerprint density at radius 3 is 2.09 bits per heavy atom. The fourth-order valence-electron chi connectivity index (χ4n) is 6.67. The van der Waals surface area contributed by atoms with Gasteiger partial charge in [0.15, 0.2) is 17.5 Å². The predicted octanol–water partition coefficient (Wildman–Crippen LogP) is 5.40. The number of oxime groups is 1. The number of thiazole rings is 1. The van der Waals surface area contributed by atoms with Crippen molar-refractivity contribution >= 4 is 69.2 Å². The van der Waals surface area contributed by atoms with Crippen LogP contribution in [0.2, 0.25) is 0 Å². The Morgan fingerprint density at radius 2 is 1.53 bits per heavy atom. The van der Waals surface area contributed by atoms with Crippen LogP contribution >= 0.6 is 34.7 Å². The van der Waals surface area contributed by atoms with Crippen molar-refractivity contribution in [3.63, 3.8) is 0 Å². The van der Waals surface area contributed by atoms with Crippen molar-refractivity contribution in [1.82, 2.24) is 15.2 Å². The first-order valence-corrected chi connectivity index (χ1v) is 20.4. The molecule has 58 heavy (non-hydrogen) atoms. The van der Waals surface area contributed by atoms with Crippen LogP contribution in [-0.4, -0.2) is 76.1 Å². The first-order valence-electron chi connectivity index (χ1n) is 18.0. The molecule has 5 aromatic rings. The van der Waals surface area contributed by atoms with Crippen molar-refractivity contribution in [2.45, 2.75) is 23.6 Å². The van der Waals surface area contributed by atoms with Gasteiger partial charge in [-0.05, 0) is 40.0 Å². The molecule has 296 valence electrons. The van der Waals surface area contributed by atoms with Gasteiger partial charge in [-0.3, -0.25) is 19.3 Å². The van der Waals surface area contributed by atoms with E-state index in [1.165, 1.54) is 28.0 Å². The number of hydrogen-bond donors (Lipinski definition) is 3. The van der Waals surface area contributed by atoms with E-state index in [1.54, 1.807) is 36.8 Å². The summed E-state index contributed by atoms with van der Waals surface area (Å²) in [6.45, 7) is -0.644. The third-order valence-corrected chi connectivity index (χ3v) is 11.9. The van der Waals surface area contributed by atoms with E-state index in [1.807, 2.05) is 91.0 Å². The number of primary amides is 1. The SMILES string of the molecule is COc1ccc(COC(=O)C2=C(CCl)CS[C@@H]3[C@H](NC(=O)/C(=N\OCC(N)=O)c4csc(NC(c5ccccc5)(c5ccccc5)c5ccccc5)n4)C(=O)N23)cc1. The Bertz CT molecular complexity index is 2250. The van der Waals surface area contributed by atoms with Crippen LogP contribution in [0.1, 0.15) is 27.9 Å². The summed E-state index contributed by atoms with van der Waals surface area (Å²) in [5.74, 6) is -1.87. The van der Waals surface area contributed by atoms with E-state index in [0.29, 0.717) is 22.2 Å². The molecule has 2 aliphatic heterocycles. The number of benzene rings is 4. The molecule has 0 unspecified atom stereocenters. The zero-order valence-corrected chi connectivity index (χ0v) is 33.4. The molecule has 1 fully saturated rings. The molecule has 3 heterocycles. The second-order valence-corrected chi connectivity index (χ2v) is 15.3. The molecule has 1 saturated heterocycles. The van der Waals surface area contributed by atoms with Crippen molar-refractivity contribution in [2.75, 3.05) is 30.7 Å². The van der Waals surface area contributed by atoms with E-state index < -0.39 is 47.3 Å². The number of rotatable bonds is 16. The number of methoxy groups -OCH3 is 1. The number of alkyl halides is 1. The molecule has 0 radical (unpaired) electrons. The van der Waals surface area contributed by atoms with Crippen LogP contribution in [0.15, 0.2) is 137 Å². The average Bonchev–Trinajstić information content (AvgIpc) is 3.73. The number of halogens is 1. The van der Waals surface area contributed by atoms with Crippen LogP contribution in [0.25, 0.3) is 0 Å². The molecular formula is C42H37ClN6O7S2. The number of carbonyl (C=O) groups excluding carboxylic acids is 4. The first-order chi connectivity index (χ1) is 28.2. The molecule has 13 nitrogen and oxygen atoms in total. The van der Waals surface area contributed by atoms with E-state index in [0.717, 1.165) is 22.3 Å². The number of thioether (sulfide) groups is 1. The topological polar surface area (TPSA) is 175 Å². The minimum Gasteiger partial charge on any atom is -0.497 e. The largest absolute Gasteiger partial charge is 0.497 e. The summed E-state index contributed by atoms with van der Waals surface area (Å²) < 4.78 is 10.8. The van der Waals surface area contributed by atoms with Crippen molar-refractivity contribution in [3.8, 4) is 5.75 Å². The summed E-state index contributed by atoms with van der Waals surface area (Å²) in [6, 6.07) is 35.8. The van der Waals surface area contributed by atoms with Crippen LogP contribution in [-0.2, 0) is 40.9 Å². The molecule has 1 aromatic heterocycles. The van der Waals surface area contributed by atoms with E-state index in [4.69, 9.17) is 36.6 Å². The Morgan fingerprint density at radius 1 is 0.931 bits per heavy atom. The maximum absolute atomic E-state index is 14.0. The zero-order chi connectivity index (χ0) is 40.6. The smallest absolute Gasteiger partial charge is 0.355 e. The molecular weight excluding hydrogens is 800 g/mol. The van der Waals surface area contributed by atoms with Crippen molar-refractivity contribution in [3.05, 3.63) is 160 Å². The molecule has 7 rings (SSSR count). The second-order valence-electron chi connectivity index (χ2n) is 13.1. The van der Waals surface area contributed by atoms with Gasteiger partial charge in [0.05, 0.1) is 7.11 Å². The summed E-state index contributed by atoms with van der Waals surface area (Å²) in [5, 5.41) is 11.8. The monoisotopic (exact) mass is 836 g/mol. The molecule has 0 saturated carbocycles. The summed E-state index contributed by atoms with van der Waals surface area (Å²) in [6.07, 6.45) is 0. The quantitative estimate of drug-likeness (QED) is 0.0292. The van der Waals surface area contributed by atoms with E-state index in [-0.39, 0.29) is 29.6 Å². The number of esters is 1. The van der Waals surface area contributed by atoms with Gasteiger partial charge in [-0.25, -0.2) is 9.78 Å². The maximum Gasteiger partial charge on any atom is 0.355 e. The lowest BCUT2D eigenvalue weighted by Crippen LogP contribution is -2.71. The van der Waals surface area contributed by atoms with Gasteiger partial charge in [0.2, 0.25) is 0 Å². The van der Waals surface area contributed by atoms with Crippen LogP contribution < -0.4 is 21.1 Å². The number of fused-ring (bicyclic) bond motifs is 1. The number of hydrogen-bond acceptors (Lipinski definition) is 12. The highest BCUT2D eigenvalue weighted by molar-refractivity contribution is 8.00. The Hall–Kier alpha value is -6.16. The van der Waals surface area contributed by atoms with Gasteiger partial charge in [0.1, 0.15) is 40.7 Å². The minimum atomic E-state index is -1.04. The lowest BCUT2D eigenvalue weighted by molar-refractivity contribution is -0.153. The molecule has 3 amide bonds. The van der Waals surface area contributed by atoms with Gasteiger partial charge in [-0.1, -0.05) is 108 Å². The first kappa shape index (κ1) is 40.1. The summed E-state index contributed by atoms with van der Waals surface area (Å²) >= 11 is 8.80. The van der Waals surface area contributed by atoms with Gasteiger partial charge < -0.3 is 30.7 Å². The third kappa shape index (κ3) is 8.28. The van der Waals surface area contributed by atoms with Crippen molar-refractivity contribution < 1.29 is 33.5 Å². The van der Waals surface area contributed by atoms with Gasteiger partial charge in [-0.2, -0.15) is 0 Å². The second kappa shape index (κ2) is 18.0. The fourth-order valence-corrected chi connectivity index (χ4v) is 9.10. The van der Waals surface area contributed by atoms with Gasteiger partial charge >= 0.3 is 5.97 Å². The fraction of sp³-hybridized carbons (Fsp3) is 0.190. The predicted molar refractivity (Wildman–Crippen MR) is 222 cm³/mol. The number of β-lactam (4-membered cyclic amide) rings is 1. The number of nitrogens with zero attached hydrogens (tertiary/aromatic N) is 3. The standard InChI is InChI=1S/C42H37ClN6O7S2/c1-54-31-19-17-26(18-20-31)22-55-40(53)36-27(21-43)24-57-39-35(38(52)49(36)39)46-37(51)34(48-56-23-33(44)50)32-25-58-41(45-32)47-42(28-11-5-2-6-12-28,29-13-7-3-8-14-29)30-15-9-4-10-16-30/h2-20,25,35,39H,21-24H2,1H3,(H2,44,50)(H,45,47)(H,46,51)/b48-34-/t35-,39-/m1/s1. The molecule has 0 bridgehead atoms. The summed E-state index contributed by atoms with van der Waals surface area (Å²) in [7, 11) is 1.56. The molecule has 2 atom stereocenters. The Labute approximate surface area is 347 Å². The third-order valence-electron chi connectivity index (χ3n) is 9.46. The average molecular weight is 837 g/mol. The molecule has 0 aliphatic carbocycles. The van der Waals surface area contributed by atoms with Crippen molar-refractivity contribution in [1.29, 1.82) is 0 Å². The molecule has 2 aliphatic rings. The lowest BCUT2D eigenvalue weighted by atomic mass is 9.77. The number of aromatic nitrogens is 1. The molecule has 4 aromatic carbocycles. The van der Waals surface area contributed by atoms with Crippen LogP contribution in [0.4, 0.5) is 5.13 Å². The number of anilines is 1. The Kier molecular flexibility index (Phi) is 12.4. The van der Waals surface area contributed by atoms with E-state index in [2.05, 4.69) is 15.8 Å². The summed E-state index contributed by atoms with van der Waals surface area (Å²) in [5.41, 5.74) is 8.33. The van der Waals surface area contributed by atoms with Gasteiger partial charge in [0, 0.05) is 17.0 Å². The maximum atomic E-state index is 14.0. The van der Waals surface area contributed by atoms with Gasteiger partial charge in [-0.15, -0.1) is 34.7 Å². The minimum absolute atomic E-state index is 0.00179. The number of nitrogens with one attached hydrogen (secondary N) is 2. The molecule has 0 spiro atoms. The number of ether oxygens (including phenoxy) is 2. The van der Waals surface area contributed by atoms with Crippen LogP contribution in [0.3, 0.4) is 0 Å². The van der Waals surface area contributed by atoms with E-state index >= 15 is 0 Å². The number of nitrogens with two attached hydrogens (primary N) is 1. The molecule has 4 N–H and O–H groups in total. The molecule has 16 heteroatoms.